The van der Waals surface area contributed by atoms with Gasteiger partial charge in [0.25, 0.3) is 0 Å². The predicted molar refractivity (Wildman–Crippen MR) is 70.9 cm³/mol. The number of nitrogens with one attached hydrogen (secondary N) is 1. The Kier molecular flexibility index (Phi) is 5.08. The molecule has 0 saturated heterocycles. The molecule has 0 aliphatic rings. The summed E-state index contributed by atoms with van der Waals surface area (Å²) in [7, 11) is 1.30. The molecule has 0 amide bonds. The van der Waals surface area contributed by atoms with E-state index in [0.29, 0.717) is 5.65 Å². The van der Waals surface area contributed by atoms with Crippen LogP contribution in [0.25, 0.3) is 11.0 Å². The van der Waals surface area contributed by atoms with E-state index < -0.39 is 5.97 Å². The minimum Gasteiger partial charge on any atom is -0.463 e. The van der Waals surface area contributed by atoms with Crippen molar-refractivity contribution in [2.45, 2.75) is 25.8 Å². The average Bonchev–Trinajstić information content (AvgIpc) is 2.81. The van der Waals surface area contributed by atoms with Crippen LogP contribution in [0.15, 0.2) is 5.03 Å². The molecule has 0 fully saturated rings. The van der Waals surface area contributed by atoms with Crippen LogP contribution in [-0.2, 0) is 4.74 Å². The van der Waals surface area contributed by atoms with E-state index in [1.807, 2.05) is 27.0 Å². The zero-order valence-electron chi connectivity index (χ0n) is 11.1. The van der Waals surface area contributed by atoms with Gasteiger partial charge in [-0.05, 0) is 13.2 Å². The minimum absolute atomic E-state index is 0.0332. The lowest BCUT2D eigenvalue weighted by atomic mass is 10.3. The molecule has 0 atom stereocenters. The number of methoxy groups -OCH3 is 1. The topological polar surface area (TPSA) is 80.8 Å². The number of hydrogen-bond acceptors (Lipinski definition) is 6. The zero-order chi connectivity index (χ0) is 13.7. The largest absolute Gasteiger partial charge is 0.463 e. The van der Waals surface area contributed by atoms with Gasteiger partial charge in [0.15, 0.2) is 5.65 Å². The Bertz CT molecular complexity index is 553. The van der Waals surface area contributed by atoms with Gasteiger partial charge in [-0.3, -0.25) is 5.10 Å². The summed E-state index contributed by atoms with van der Waals surface area (Å²) in [6.07, 6.45) is 1.88. The minimum atomic E-state index is -0.558. The van der Waals surface area contributed by atoms with E-state index >= 15 is 0 Å². The van der Waals surface area contributed by atoms with Crippen LogP contribution >= 0.6 is 11.8 Å². The summed E-state index contributed by atoms with van der Waals surface area (Å²) in [5.41, 5.74) is 1.37. The summed E-state index contributed by atoms with van der Waals surface area (Å²) in [6, 6.07) is 0. The maximum Gasteiger partial charge on any atom is 0.376 e. The van der Waals surface area contributed by atoms with Gasteiger partial charge in [0.1, 0.15) is 5.03 Å². The van der Waals surface area contributed by atoms with Crippen molar-refractivity contribution >= 4 is 28.8 Å². The number of carbonyl (C=O) groups excluding carboxylic acids is 1. The zero-order valence-corrected chi connectivity index (χ0v) is 11.9. The third-order valence-corrected chi connectivity index (χ3v) is 2.80. The molecule has 18 heavy (non-hydrogen) atoms. The molecule has 2 heterocycles. The molecule has 0 spiro atoms. The van der Waals surface area contributed by atoms with Crippen LogP contribution in [0.2, 0.25) is 0 Å². The molecule has 0 unspecified atom stereocenters. The van der Waals surface area contributed by atoms with Crippen molar-refractivity contribution in [1.82, 2.24) is 20.2 Å². The lowest BCUT2D eigenvalue weighted by Gasteiger charge is -2.01. The van der Waals surface area contributed by atoms with E-state index in [0.717, 1.165) is 16.1 Å². The number of nitrogens with zero attached hydrogens (tertiary/aromatic N) is 3. The van der Waals surface area contributed by atoms with E-state index in [1.54, 1.807) is 0 Å². The molecule has 0 radical (unpaired) electrons. The Morgan fingerprint density at radius 3 is 2.56 bits per heavy atom. The van der Waals surface area contributed by atoms with Crippen LogP contribution in [0.3, 0.4) is 0 Å². The van der Waals surface area contributed by atoms with E-state index in [-0.39, 0.29) is 5.82 Å². The first-order chi connectivity index (χ1) is 8.67. The molecule has 2 aromatic heterocycles. The molecule has 2 rings (SSSR count). The number of esters is 1. The number of thioether (sulfide) groups is 1. The van der Waals surface area contributed by atoms with Crippen molar-refractivity contribution in [1.29, 1.82) is 0 Å². The monoisotopic (exact) mass is 268 g/mol. The first-order valence-electron chi connectivity index (χ1n) is 5.52. The number of carbonyl (C=O) groups is 1. The second kappa shape index (κ2) is 6.34. The first-order valence-corrected chi connectivity index (χ1v) is 6.75. The van der Waals surface area contributed by atoms with Crippen molar-refractivity contribution in [3.05, 3.63) is 11.5 Å². The van der Waals surface area contributed by atoms with Crippen molar-refractivity contribution in [2.24, 2.45) is 0 Å². The molecule has 0 aromatic carbocycles. The molecule has 0 saturated carbocycles. The van der Waals surface area contributed by atoms with Crippen molar-refractivity contribution < 1.29 is 9.53 Å². The predicted octanol–water partition coefficient (Wildman–Crippen LogP) is 2.20. The van der Waals surface area contributed by atoms with Crippen LogP contribution in [0.4, 0.5) is 0 Å². The van der Waals surface area contributed by atoms with Gasteiger partial charge in [-0.2, -0.15) is 5.10 Å². The van der Waals surface area contributed by atoms with E-state index in [4.69, 9.17) is 0 Å². The number of aryl methyl sites for hydroxylation is 1. The van der Waals surface area contributed by atoms with Gasteiger partial charge in [0.05, 0.1) is 12.5 Å². The third-order valence-electron chi connectivity index (χ3n) is 2.12. The fourth-order valence-electron chi connectivity index (χ4n) is 1.36. The molecule has 1 N–H and O–H groups in total. The maximum atomic E-state index is 11.3. The average molecular weight is 268 g/mol. The summed E-state index contributed by atoms with van der Waals surface area (Å²) in [5, 5.41) is 8.39. The fraction of sp³-hybridized carbons (Fsp3) is 0.455. The molecule has 0 bridgehead atoms. The van der Waals surface area contributed by atoms with Crippen molar-refractivity contribution in [3.63, 3.8) is 0 Å². The number of hydrogen-bond donors (Lipinski definition) is 1. The maximum absolute atomic E-state index is 11.3. The smallest absolute Gasteiger partial charge is 0.376 e. The number of H-pyrrole nitrogens is 1. The highest BCUT2D eigenvalue weighted by Gasteiger charge is 2.16. The second-order valence-electron chi connectivity index (χ2n) is 3.10. The molecule has 0 aliphatic carbocycles. The highest BCUT2D eigenvalue weighted by molar-refractivity contribution is 7.98. The molecule has 98 valence electrons. The molecule has 0 aliphatic heterocycles. The number of aromatic nitrogens is 4. The Balaban J connectivity index is 0.000000771. The van der Waals surface area contributed by atoms with E-state index in [9.17, 15) is 4.79 Å². The lowest BCUT2D eigenvalue weighted by molar-refractivity contribution is 0.0586. The van der Waals surface area contributed by atoms with Crippen LogP contribution in [0, 0.1) is 6.92 Å². The first kappa shape index (κ1) is 14.4. The van der Waals surface area contributed by atoms with Crippen LogP contribution in [0.5, 0.6) is 0 Å². The van der Waals surface area contributed by atoms with E-state index in [1.165, 1.54) is 18.9 Å². The molecule has 7 heteroatoms. The molecule has 2 aromatic rings. The summed E-state index contributed by atoms with van der Waals surface area (Å²) in [6.45, 7) is 5.89. The summed E-state index contributed by atoms with van der Waals surface area (Å²) in [5.74, 6) is -0.524. The van der Waals surface area contributed by atoms with Crippen LogP contribution in [0.1, 0.15) is 30.2 Å². The second-order valence-corrected chi connectivity index (χ2v) is 3.89. The van der Waals surface area contributed by atoms with Crippen molar-refractivity contribution in [2.75, 3.05) is 13.4 Å². The number of rotatable bonds is 2. The highest BCUT2D eigenvalue weighted by Crippen LogP contribution is 2.24. The fourth-order valence-corrected chi connectivity index (χ4v) is 1.99. The van der Waals surface area contributed by atoms with Gasteiger partial charge < -0.3 is 4.74 Å². The van der Waals surface area contributed by atoms with Crippen LogP contribution < -0.4 is 0 Å². The SMILES string of the molecule is CC.COC(=O)c1nc(SC)c2c(C)[nH]nc2n1. The Morgan fingerprint density at radius 1 is 1.33 bits per heavy atom. The summed E-state index contributed by atoms with van der Waals surface area (Å²) >= 11 is 1.44. The standard InChI is InChI=1S/C9H10N4O2S.C2H6/c1-4-5-6(13-12-4)10-7(9(14)15-2)11-8(5)16-3;1-2/h1-3H3,(H,10,11,12,13);1-2H3. The number of fused-ring (bicyclic) bond motifs is 1. The normalized spacial score (nSPS) is 9.83. The van der Waals surface area contributed by atoms with Gasteiger partial charge >= 0.3 is 5.97 Å². The number of aromatic amines is 1. The number of ether oxygens (including phenoxy) is 1. The molecular formula is C11H16N4O2S. The highest BCUT2D eigenvalue weighted by atomic mass is 32.2. The van der Waals surface area contributed by atoms with Crippen LogP contribution in [-0.4, -0.2) is 39.5 Å². The Labute approximate surface area is 110 Å². The van der Waals surface area contributed by atoms with Gasteiger partial charge in [0.2, 0.25) is 5.82 Å². The quantitative estimate of drug-likeness (QED) is 0.511. The molecular weight excluding hydrogens is 252 g/mol. The van der Waals surface area contributed by atoms with E-state index in [2.05, 4.69) is 24.9 Å². The van der Waals surface area contributed by atoms with Gasteiger partial charge in [-0.25, -0.2) is 14.8 Å². The summed E-state index contributed by atoms with van der Waals surface area (Å²) in [4.78, 5) is 19.5. The Morgan fingerprint density at radius 2 is 2.00 bits per heavy atom. The lowest BCUT2D eigenvalue weighted by Crippen LogP contribution is -2.08. The van der Waals surface area contributed by atoms with Gasteiger partial charge in [0, 0.05) is 5.69 Å². The van der Waals surface area contributed by atoms with Gasteiger partial charge in [-0.1, -0.05) is 13.8 Å². The van der Waals surface area contributed by atoms with Gasteiger partial charge in [-0.15, -0.1) is 11.8 Å². The molecule has 6 nitrogen and oxygen atoms in total. The van der Waals surface area contributed by atoms with Crippen molar-refractivity contribution in [3.8, 4) is 0 Å². The third kappa shape index (κ3) is 2.61. The summed E-state index contributed by atoms with van der Waals surface area (Å²) < 4.78 is 4.58. The Hall–Kier alpha value is -1.63.